The van der Waals surface area contributed by atoms with Crippen molar-refractivity contribution >= 4 is 35.8 Å². The van der Waals surface area contributed by atoms with Crippen LogP contribution in [0.1, 0.15) is 46.0 Å². The normalized spacial score (nSPS) is 33.9. The molecule has 4 atom stereocenters. The summed E-state index contributed by atoms with van der Waals surface area (Å²) in [5.41, 5.74) is 0. The van der Waals surface area contributed by atoms with Crippen LogP contribution in [0.4, 0.5) is 0 Å². The molecule has 2 N–H and O–H groups in total. The maximum atomic E-state index is 12.5. The van der Waals surface area contributed by atoms with Gasteiger partial charge in [0.2, 0.25) is 0 Å². The summed E-state index contributed by atoms with van der Waals surface area (Å²) in [6.45, 7) is 7.59. The topological polar surface area (TPSA) is 97.6 Å². The first kappa shape index (κ1) is 20.5. The Bertz CT molecular complexity index is 725. The van der Waals surface area contributed by atoms with Gasteiger partial charge < -0.3 is 20.2 Å². The summed E-state index contributed by atoms with van der Waals surface area (Å²) in [5.74, 6) is 0.784. The van der Waals surface area contributed by atoms with Crippen molar-refractivity contribution in [1.82, 2.24) is 15.1 Å². The molecule has 0 spiro atoms. The first-order valence-electron chi connectivity index (χ1n) is 10.6. The number of rotatable bonds is 6. The third kappa shape index (κ3) is 4.11. The summed E-state index contributed by atoms with van der Waals surface area (Å²) in [6, 6.07) is -1.22. The molecule has 0 bridgehead atoms. The highest BCUT2D eigenvalue weighted by atomic mass is 32.2. The standard InChI is InChI=1S/C20H31N5O3S/c1-20(2)16(19(27)28)25-17(26)15(18(25)29-20)23-12-24-10-3-4-13(7-11-24)5-6-14-21-8-9-22-14/h12-13,15-16,18H,3-11H2,1-2H3,(H,21,22)(H,27,28)/t13?,15?,16-,18?/m0/s1. The second kappa shape index (κ2) is 8.16. The number of aliphatic carboxylic acids is 1. The Balaban J connectivity index is 1.29. The van der Waals surface area contributed by atoms with Crippen molar-refractivity contribution in [3.63, 3.8) is 0 Å². The molecular formula is C20H31N5O3S. The maximum Gasteiger partial charge on any atom is 0.327 e. The van der Waals surface area contributed by atoms with Crippen LogP contribution in [0.25, 0.3) is 0 Å². The summed E-state index contributed by atoms with van der Waals surface area (Å²) in [5, 5.41) is 12.7. The van der Waals surface area contributed by atoms with Gasteiger partial charge in [-0.1, -0.05) is 0 Å². The van der Waals surface area contributed by atoms with Gasteiger partial charge in [0.25, 0.3) is 5.91 Å². The number of β-lactam (4-membered cyclic amide) rings is 1. The summed E-state index contributed by atoms with van der Waals surface area (Å²) in [4.78, 5) is 36.9. The number of aliphatic imine (C=N–C) groups is 2. The number of nitrogens with zero attached hydrogens (tertiary/aromatic N) is 4. The third-order valence-corrected chi connectivity index (χ3v) is 8.01. The van der Waals surface area contributed by atoms with Crippen molar-refractivity contribution in [2.24, 2.45) is 15.9 Å². The predicted octanol–water partition coefficient (Wildman–Crippen LogP) is 1.41. The molecule has 0 radical (unpaired) electrons. The van der Waals surface area contributed by atoms with E-state index >= 15 is 0 Å². The number of thioether (sulfide) groups is 1. The molecular weight excluding hydrogens is 390 g/mol. The molecule has 29 heavy (non-hydrogen) atoms. The van der Waals surface area contributed by atoms with Crippen molar-refractivity contribution in [1.29, 1.82) is 0 Å². The van der Waals surface area contributed by atoms with E-state index in [0.29, 0.717) is 5.92 Å². The Kier molecular flexibility index (Phi) is 5.77. The van der Waals surface area contributed by atoms with Crippen LogP contribution < -0.4 is 5.32 Å². The lowest BCUT2D eigenvalue weighted by molar-refractivity contribution is -0.158. The summed E-state index contributed by atoms with van der Waals surface area (Å²) >= 11 is 1.55. The van der Waals surface area contributed by atoms with E-state index < -0.39 is 22.8 Å². The van der Waals surface area contributed by atoms with Gasteiger partial charge in [-0.15, -0.1) is 11.8 Å². The average Bonchev–Trinajstić information content (AvgIpc) is 3.19. The minimum atomic E-state index is -0.932. The fraction of sp³-hybridized carbons (Fsp3) is 0.800. The quantitative estimate of drug-likeness (QED) is 0.382. The Labute approximate surface area is 176 Å². The number of amidine groups is 1. The van der Waals surface area contributed by atoms with E-state index in [-0.39, 0.29) is 11.3 Å². The van der Waals surface area contributed by atoms with Crippen LogP contribution in [0, 0.1) is 5.92 Å². The summed E-state index contributed by atoms with van der Waals surface area (Å²) in [6.07, 6.45) is 7.55. The van der Waals surface area contributed by atoms with Gasteiger partial charge in [0.15, 0.2) is 6.04 Å². The number of nitrogens with one attached hydrogen (secondary N) is 1. The highest BCUT2D eigenvalue weighted by Crippen LogP contribution is 2.51. The molecule has 3 saturated heterocycles. The number of hydrogen-bond donors (Lipinski definition) is 2. The Morgan fingerprint density at radius 2 is 2.24 bits per heavy atom. The average molecular weight is 422 g/mol. The van der Waals surface area contributed by atoms with E-state index in [9.17, 15) is 14.7 Å². The number of carboxylic acids is 1. The molecule has 160 valence electrons. The zero-order valence-corrected chi connectivity index (χ0v) is 18.0. The lowest BCUT2D eigenvalue weighted by Crippen LogP contribution is -2.65. The Morgan fingerprint density at radius 3 is 2.97 bits per heavy atom. The van der Waals surface area contributed by atoms with Crippen molar-refractivity contribution in [2.75, 3.05) is 26.2 Å². The lowest BCUT2D eigenvalue weighted by Gasteiger charge is -2.41. The Hall–Kier alpha value is -1.77. The van der Waals surface area contributed by atoms with Crippen LogP contribution in [0.2, 0.25) is 0 Å². The summed E-state index contributed by atoms with van der Waals surface area (Å²) in [7, 11) is 0. The second-order valence-electron chi connectivity index (χ2n) is 8.93. The van der Waals surface area contributed by atoms with Gasteiger partial charge in [-0.05, 0) is 45.4 Å². The lowest BCUT2D eigenvalue weighted by atomic mass is 9.95. The van der Waals surface area contributed by atoms with Crippen molar-refractivity contribution < 1.29 is 14.7 Å². The van der Waals surface area contributed by atoms with E-state index in [4.69, 9.17) is 0 Å². The second-order valence-corrected chi connectivity index (χ2v) is 10.7. The van der Waals surface area contributed by atoms with E-state index in [1.807, 2.05) is 20.2 Å². The van der Waals surface area contributed by atoms with Crippen LogP contribution in [0.5, 0.6) is 0 Å². The largest absolute Gasteiger partial charge is 0.480 e. The fourth-order valence-corrected chi connectivity index (χ4v) is 6.46. The molecule has 0 aromatic carbocycles. The van der Waals surface area contributed by atoms with Crippen LogP contribution in [0.3, 0.4) is 0 Å². The molecule has 0 saturated carbocycles. The molecule has 0 aliphatic carbocycles. The molecule has 4 rings (SSSR count). The minimum absolute atomic E-state index is 0.158. The fourth-order valence-electron chi connectivity index (χ4n) is 4.84. The number of carbonyl (C=O) groups is 2. The van der Waals surface area contributed by atoms with E-state index in [1.165, 1.54) is 17.7 Å². The number of likely N-dealkylation sites (tertiary alicyclic amines) is 1. The first-order chi connectivity index (χ1) is 13.9. The monoisotopic (exact) mass is 421 g/mol. The van der Waals surface area contributed by atoms with Crippen LogP contribution >= 0.6 is 11.8 Å². The summed E-state index contributed by atoms with van der Waals surface area (Å²) < 4.78 is -0.495. The molecule has 8 nitrogen and oxygen atoms in total. The zero-order valence-electron chi connectivity index (χ0n) is 17.2. The van der Waals surface area contributed by atoms with Crippen LogP contribution in [-0.4, -0.2) is 87.3 Å². The van der Waals surface area contributed by atoms with Gasteiger partial charge in [0.05, 0.1) is 18.7 Å². The molecule has 9 heteroatoms. The number of carboxylic acid groups (broad SMARTS) is 1. The highest BCUT2D eigenvalue weighted by molar-refractivity contribution is 8.01. The zero-order chi connectivity index (χ0) is 20.6. The predicted molar refractivity (Wildman–Crippen MR) is 114 cm³/mol. The van der Waals surface area contributed by atoms with Crippen LogP contribution in [0.15, 0.2) is 9.98 Å². The maximum absolute atomic E-state index is 12.5. The molecule has 3 unspecified atom stereocenters. The number of hydrogen-bond acceptors (Lipinski definition) is 6. The smallest absolute Gasteiger partial charge is 0.327 e. The molecule has 4 heterocycles. The van der Waals surface area contributed by atoms with Gasteiger partial charge in [0, 0.05) is 30.8 Å². The van der Waals surface area contributed by atoms with E-state index in [1.54, 1.807) is 11.8 Å². The molecule has 1 amide bonds. The SMILES string of the molecule is CC1(C)SC2C(N=CN3CCCC(CCC4=NCCN4)CC3)C(=O)N2[C@H]1C(=O)O. The van der Waals surface area contributed by atoms with Crippen molar-refractivity contribution in [3.8, 4) is 0 Å². The van der Waals surface area contributed by atoms with Crippen molar-refractivity contribution in [2.45, 2.75) is 68.2 Å². The molecule has 0 aromatic rings. The minimum Gasteiger partial charge on any atom is -0.480 e. The number of carbonyl (C=O) groups excluding carboxylic acids is 1. The molecule has 3 fully saturated rings. The Morgan fingerprint density at radius 1 is 1.41 bits per heavy atom. The number of amides is 1. The number of fused-ring (bicyclic) bond motifs is 1. The molecule has 0 aromatic heterocycles. The van der Waals surface area contributed by atoms with Gasteiger partial charge in [0.1, 0.15) is 11.4 Å². The first-order valence-corrected chi connectivity index (χ1v) is 11.5. The molecule has 4 aliphatic heterocycles. The van der Waals surface area contributed by atoms with Gasteiger partial charge in [-0.25, -0.2) is 4.79 Å². The van der Waals surface area contributed by atoms with Crippen LogP contribution in [-0.2, 0) is 9.59 Å². The molecule has 4 aliphatic rings. The van der Waals surface area contributed by atoms with E-state index in [2.05, 4.69) is 20.2 Å². The van der Waals surface area contributed by atoms with Gasteiger partial charge in [-0.2, -0.15) is 0 Å². The third-order valence-electron chi connectivity index (χ3n) is 6.45. The van der Waals surface area contributed by atoms with E-state index in [0.717, 1.165) is 51.3 Å². The van der Waals surface area contributed by atoms with Crippen molar-refractivity contribution in [3.05, 3.63) is 0 Å². The van der Waals surface area contributed by atoms with Gasteiger partial charge in [-0.3, -0.25) is 14.8 Å². The highest BCUT2D eigenvalue weighted by Gasteiger charge is 2.63. The van der Waals surface area contributed by atoms with Gasteiger partial charge >= 0.3 is 5.97 Å².